The van der Waals surface area contributed by atoms with E-state index in [9.17, 15) is 14.0 Å². The molecular formula is C30H46FN5O5. The molecule has 0 aromatic carbocycles. The number of terminal acetylenes is 1. The fourth-order valence-electron chi connectivity index (χ4n) is 4.66. The number of carbonyl (C=O) groups is 2. The Hall–Kier alpha value is -3.26. The number of imidazole rings is 1. The molecule has 3 heterocycles. The number of esters is 1. The van der Waals surface area contributed by atoms with Crippen molar-refractivity contribution in [3.8, 4) is 12.3 Å². The van der Waals surface area contributed by atoms with Crippen LogP contribution in [0.5, 0.6) is 0 Å². The first-order valence-corrected chi connectivity index (χ1v) is 14.9. The number of aliphatic carboxylic acids is 1. The van der Waals surface area contributed by atoms with Crippen molar-refractivity contribution in [2.24, 2.45) is 0 Å². The molecule has 228 valence electrons. The summed E-state index contributed by atoms with van der Waals surface area (Å²) >= 11 is 0. The zero-order chi connectivity index (χ0) is 30.1. The second-order valence-corrected chi connectivity index (χ2v) is 10.5. The van der Waals surface area contributed by atoms with Crippen molar-refractivity contribution >= 4 is 28.9 Å². The van der Waals surface area contributed by atoms with Crippen molar-refractivity contribution in [2.75, 3.05) is 12.3 Å². The highest BCUT2D eigenvalue weighted by Crippen LogP contribution is 2.38. The van der Waals surface area contributed by atoms with Crippen molar-refractivity contribution in [1.29, 1.82) is 0 Å². The molecule has 1 aliphatic heterocycles. The van der Waals surface area contributed by atoms with E-state index >= 15 is 0 Å². The first kappa shape index (κ1) is 33.9. The summed E-state index contributed by atoms with van der Waals surface area (Å²) in [7, 11) is 0. The maximum absolute atomic E-state index is 13.5. The summed E-state index contributed by atoms with van der Waals surface area (Å²) in [6.45, 7) is 4.21. The zero-order valence-corrected chi connectivity index (χ0v) is 24.6. The Balaban J connectivity index is 0.000000337. The Kier molecular flexibility index (Phi) is 15.1. The van der Waals surface area contributed by atoms with Crippen LogP contribution in [0.2, 0.25) is 0 Å². The predicted octanol–water partition coefficient (Wildman–Crippen LogP) is 6.34. The van der Waals surface area contributed by atoms with E-state index in [-0.39, 0.29) is 24.0 Å². The minimum atomic E-state index is -1.03. The Morgan fingerprint density at radius 2 is 1.73 bits per heavy atom. The van der Waals surface area contributed by atoms with Crippen LogP contribution < -0.4 is 5.73 Å². The molecule has 0 amide bonds. The monoisotopic (exact) mass is 575 g/mol. The van der Waals surface area contributed by atoms with Gasteiger partial charge in [-0.3, -0.25) is 14.2 Å². The third kappa shape index (κ3) is 11.6. The van der Waals surface area contributed by atoms with Crippen LogP contribution in [0, 0.1) is 18.4 Å². The molecule has 1 aliphatic rings. The smallest absolute Gasteiger partial charge is 0.312 e. The van der Waals surface area contributed by atoms with Crippen LogP contribution in [0.25, 0.3) is 11.2 Å². The molecule has 3 rings (SSSR count). The number of halogens is 1. The molecule has 0 aliphatic carbocycles. The molecule has 1 fully saturated rings. The van der Waals surface area contributed by atoms with Crippen LogP contribution in [0.3, 0.4) is 0 Å². The number of carbonyl (C=O) groups excluding carboxylic acids is 1. The molecule has 0 saturated carbocycles. The number of hydrogen-bond acceptors (Lipinski definition) is 8. The van der Waals surface area contributed by atoms with Crippen LogP contribution in [0.1, 0.15) is 123 Å². The number of rotatable bonds is 17. The first-order chi connectivity index (χ1) is 19.7. The van der Waals surface area contributed by atoms with E-state index in [4.69, 9.17) is 26.7 Å². The van der Waals surface area contributed by atoms with E-state index < -0.39 is 23.9 Å². The van der Waals surface area contributed by atoms with Gasteiger partial charge in [0.2, 0.25) is 0 Å². The van der Waals surface area contributed by atoms with Crippen molar-refractivity contribution in [3.63, 3.8) is 0 Å². The number of ether oxygens (including phenoxy) is 2. The number of nitrogens with zero attached hydrogens (tertiary/aromatic N) is 4. The second-order valence-electron chi connectivity index (χ2n) is 10.5. The molecule has 41 heavy (non-hydrogen) atoms. The molecule has 2 aromatic rings. The van der Waals surface area contributed by atoms with Gasteiger partial charge in [-0.15, -0.1) is 6.42 Å². The molecule has 1 saturated heterocycles. The van der Waals surface area contributed by atoms with Crippen molar-refractivity contribution in [1.82, 2.24) is 19.5 Å². The summed E-state index contributed by atoms with van der Waals surface area (Å²) in [4.78, 5) is 33.3. The number of carboxylic acids is 1. The fourth-order valence-corrected chi connectivity index (χ4v) is 4.66. The number of anilines is 1. The lowest BCUT2D eigenvalue weighted by Gasteiger charge is -2.23. The van der Waals surface area contributed by atoms with Crippen molar-refractivity contribution in [2.45, 2.75) is 128 Å². The third-order valence-electron chi connectivity index (χ3n) is 7.10. The Labute approximate surface area is 242 Å². The molecule has 10 nitrogen and oxygen atoms in total. The van der Waals surface area contributed by atoms with Gasteiger partial charge in [0.15, 0.2) is 22.6 Å². The largest absolute Gasteiger partial charge is 0.481 e. The fraction of sp³-hybridized carbons (Fsp3) is 0.700. The topological polar surface area (TPSA) is 142 Å². The average molecular weight is 576 g/mol. The van der Waals surface area contributed by atoms with Gasteiger partial charge in [-0.1, -0.05) is 84.0 Å². The van der Waals surface area contributed by atoms with Crippen molar-refractivity contribution in [3.05, 3.63) is 12.4 Å². The van der Waals surface area contributed by atoms with E-state index in [0.29, 0.717) is 31.2 Å². The standard InChI is InChI=1S/C17H20FN5O3.C13H26O2/c1-3-5-6-12(24)25-9-17(4-2)8-7-11(26-17)23-10-20-13-14(19)21-16(18)22-15(13)23;1-2-3-4-5-6-7-8-9-10-11-12-13(14)15/h2,10-11H,3,5-9H2,1H3,(H2,19,21,22);2-12H2,1H3,(H,14,15). The van der Waals surface area contributed by atoms with Crippen LogP contribution in [-0.4, -0.2) is 48.8 Å². The van der Waals surface area contributed by atoms with Gasteiger partial charge in [0.1, 0.15) is 12.8 Å². The highest BCUT2D eigenvalue weighted by atomic mass is 19.1. The lowest BCUT2D eigenvalue weighted by molar-refractivity contribution is -0.152. The minimum absolute atomic E-state index is 0.0271. The highest BCUT2D eigenvalue weighted by Gasteiger charge is 2.41. The molecule has 2 aromatic heterocycles. The van der Waals surface area contributed by atoms with Gasteiger partial charge in [0.25, 0.3) is 0 Å². The summed E-state index contributed by atoms with van der Waals surface area (Å²) in [6.07, 6.45) is 21.6. The van der Waals surface area contributed by atoms with Crippen LogP contribution in [0.4, 0.5) is 10.2 Å². The highest BCUT2D eigenvalue weighted by molar-refractivity contribution is 5.81. The molecule has 0 bridgehead atoms. The van der Waals surface area contributed by atoms with E-state index in [2.05, 4.69) is 27.8 Å². The lowest BCUT2D eigenvalue weighted by Crippen LogP contribution is -2.34. The molecule has 3 N–H and O–H groups in total. The zero-order valence-electron chi connectivity index (χ0n) is 24.6. The Morgan fingerprint density at radius 3 is 2.34 bits per heavy atom. The normalized spacial score (nSPS) is 18.0. The summed E-state index contributed by atoms with van der Waals surface area (Å²) in [6, 6.07) is 0. The Bertz CT molecular complexity index is 1130. The van der Waals surface area contributed by atoms with E-state index in [1.54, 1.807) is 4.57 Å². The molecule has 2 atom stereocenters. The maximum atomic E-state index is 13.5. The van der Waals surface area contributed by atoms with Gasteiger partial charge in [0.05, 0.1) is 6.33 Å². The number of aromatic nitrogens is 4. The summed E-state index contributed by atoms with van der Waals surface area (Å²) in [5, 5.41) is 8.44. The van der Waals surface area contributed by atoms with Gasteiger partial charge in [-0.05, 0) is 25.7 Å². The molecule has 0 spiro atoms. The second kappa shape index (κ2) is 18.2. The predicted molar refractivity (Wildman–Crippen MR) is 155 cm³/mol. The van der Waals surface area contributed by atoms with Gasteiger partial charge >= 0.3 is 18.0 Å². The maximum Gasteiger partial charge on any atom is 0.312 e. The van der Waals surface area contributed by atoms with Crippen LogP contribution >= 0.6 is 0 Å². The van der Waals surface area contributed by atoms with Gasteiger partial charge in [0, 0.05) is 12.8 Å². The molecule has 0 radical (unpaired) electrons. The van der Waals surface area contributed by atoms with Crippen molar-refractivity contribution < 1.29 is 28.6 Å². The molecule has 2 unspecified atom stereocenters. The number of fused-ring (bicyclic) bond motifs is 1. The van der Waals surface area contributed by atoms with Crippen LogP contribution in [0.15, 0.2) is 6.33 Å². The summed E-state index contributed by atoms with van der Waals surface area (Å²) in [5.74, 6) is 1.58. The van der Waals surface area contributed by atoms with E-state index in [0.717, 1.165) is 25.7 Å². The number of nitrogens with two attached hydrogens (primary N) is 1. The van der Waals surface area contributed by atoms with E-state index in [1.165, 1.54) is 57.7 Å². The Morgan fingerprint density at radius 1 is 1.10 bits per heavy atom. The summed E-state index contributed by atoms with van der Waals surface area (Å²) < 4.78 is 26.3. The first-order valence-electron chi connectivity index (χ1n) is 14.9. The summed E-state index contributed by atoms with van der Waals surface area (Å²) in [5.41, 5.74) is 5.16. The third-order valence-corrected chi connectivity index (χ3v) is 7.10. The van der Waals surface area contributed by atoms with Gasteiger partial charge < -0.3 is 20.3 Å². The lowest BCUT2D eigenvalue weighted by atomic mass is 10.0. The number of carboxylic acid groups (broad SMARTS) is 1. The van der Waals surface area contributed by atoms with Gasteiger partial charge in [-0.2, -0.15) is 14.4 Å². The molecular weight excluding hydrogens is 529 g/mol. The number of nitrogen functional groups attached to an aromatic ring is 1. The van der Waals surface area contributed by atoms with Crippen LogP contribution in [-0.2, 0) is 19.1 Å². The number of hydrogen-bond donors (Lipinski definition) is 2. The van der Waals surface area contributed by atoms with E-state index in [1.807, 2.05) is 6.92 Å². The molecule has 11 heteroatoms. The SMILES string of the molecule is C#CC1(COC(=O)CCCC)CCC(n2cnc3c(N)nc(F)nc32)O1.CCCCCCCCCCCCC(=O)O. The quantitative estimate of drug-likeness (QED) is 0.0955. The minimum Gasteiger partial charge on any atom is -0.481 e. The van der Waals surface area contributed by atoms with Gasteiger partial charge in [-0.25, -0.2) is 4.98 Å². The average Bonchev–Trinajstić information content (AvgIpc) is 3.57. The number of unbranched alkanes of at least 4 members (excludes halogenated alkanes) is 10.